The molecule has 0 saturated carbocycles. The molecule has 0 aliphatic carbocycles. The molecule has 2 atom stereocenters. The fourth-order valence-corrected chi connectivity index (χ4v) is 4.27. The normalized spacial score (nSPS) is 22.0. The van der Waals surface area contributed by atoms with Crippen molar-refractivity contribution in [3.05, 3.63) is 34.1 Å². The van der Waals surface area contributed by atoms with Crippen molar-refractivity contribution in [2.24, 2.45) is 0 Å². The van der Waals surface area contributed by atoms with Crippen LogP contribution in [0, 0.1) is 11.6 Å². The van der Waals surface area contributed by atoms with Gasteiger partial charge in [-0.15, -0.1) is 0 Å². The number of piperazine rings is 1. The number of ether oxygens (including phenoxy) is 1. The van der Waals surface area contributed by atoms with Crippen LogP contribution in [-0.4, -0.2) is 52.9 Å². The fraction of sp³-hybridized carbons (Fsp3) is 0.444. The average Bonchev–Trinajstić information content (AvgIpc) is 3.16. The molecule has 9 heteroatoms. The summed E-state index contributed by atoms with van der Waals surface area (Å²) in [6, 6.07) is 1.26. The second kappa shape index (κ2) is 6.19. The van der Waals surface area contributed by atoms with Gasteiger partial charge in [-0.05, 0) is 26.5 Å². The predicted octanol–water partition coefficient (Wildman–Crippen LogP) is 2.25. The third-order valence-electron chi connectivity index (χ3n) is 5.54. The zero-order valence-electron chi connectivity index (χ0n) is 14.9. The van der Waals surface area contributed by atoms with Crippen LogP contribution in [-0.2, 0) is 6.54 Å². The average molecular weight is 379 g/mol. The number of hydrogen-bond donors (Lipinski definition) is 1. The molecule has 2 aromatic rings. The van der Waals surface area contributed by atoms with E-state index in [0.29, 0.717) is 6.54 Å². The standard InChI is InChI=1S/C18H19F2N3O4/c1-3-22-8-13(27-18(25)26)17(24)11-5-12(19)16(14(20)15(11)22)23-7-9-4-10(23)6-21(9)2/h5,8-10H,3-4,6-7H2,1-2H3,(H,25,26). The number of hydrogen-bond acceptors (Lipinski definition) is 5. The van der Waals surface area contributed by atoms with Crippen molar-refractivity contribution in [3.63, 3.8) is 0 Å². The summed E-state index contributed by atoms with van der Waals surface area (Å²) in [5.74, 6) is -2.12. The molecule has 3 heterocycles. The summed E-state index contributed by atoms with van der Waals surface area (Å²) in [5.41, 5.74) is -1.03. The first kappa shape index (κ1) is 17.7. The van der Waals surface area contributed by atoms with E-state index in [1.54, 1.807) is 11.8 Å². The molecule has 1 N–H and O–H groups in total. The lowest BCUT2D eigenvalue weighted by molar-refractivity contribution is 0.144. The van der Waals surface area contributed by atoms with E-state index in [4.69, 9.17) is 5.11 Å². The van der Waals surface area contributed by atoms with Crippen LogP contribution in [0.2, 0.25) is 0 Å². The lowest BCUT2D eigenvalue weighted by Gasteiger charge is -2.34. The van der Waals surface area contributed by atoms with Crippen LogP contribution in [0.1, 0.15) is 13.3 Å². The summed E-state index contributed by atoms with van der Waals surface area (Å²) < 4.78 is 36.1. The third kappa shape index (κ3) is 2.64. The van der Waals surface area contributed by atoms with E-state index < -0.39 is 29.0 Å². The molecule has 27 heavy (non-hydrogen) atoms. The number of benzene rings is 1. The van der Waals surface area contributed by atoms with Crippen LogP contribution in [0.4, 0.5) is 19.3 Å². The first-order valence-corrected chi connectivity index (χ1v) is 8.74. The Morgan fingerprint density at radius 2 is 2.07 bits per heavy atom. The SMILES string of the molecule is CCn1cc(OC(=O)O)c(=O)c2cc(F)c(N3CC4CC3CN4C)c(F)c21. The highest BCUT2D eigenvalue weighted by atomic mass is 19.1. The molecule has 2 unspecified atom stereocenters. The minimum absolute atomic E-state index is 0.0258. The Balaban J connectivity index is 1.91. The Hall–Kier alpha value is -2.68. The number of carboxylic acid groups (broad SMARTS) is 1. The summed E-state index contributed by atoms with van der Waals surface area (Å²) in [5, 5.41) is 8.54. The van der Waals surface area contributed by atoms with Crippen molar-refractivity contribution in [2.45, 2.75) is 32.0 Å². The van der Waals surface area contributed by atoms with Crippen LogP contribution in [0.25, 0.3) is 10.9 Å². The number of pyridine rings is 1. The van der Waals surface area contributed by atoms with E-state index >= 15 is 4.39 Å². The van der Waals surface area contributed by atoms with Gasteiger partial charge in [0.15, 0.2) is 11.6 Å². The Bertz CT molecular complexity index is 1000. The van der Waals surface area contributed by atoms with Gasteiger partial charge in [-0.2, -0.15) is 0 Å². The topological polar surface area (TPSA) is 75.0 Å². The molecule has 0 radical (unpaired) electrons. The van der Waals surface area contributed by atoms with Crippen LogP contribution >= 0.6 is 0 Å². The summed E-state index contributed by atoms with van der Waals surface area (Å²) >= 11 is 0. The zero-order valence-corrected chi connectivity index (χ0v) is 14.9. The number of aromatic nitrogens is 1. The highest BCUT2D eigenvalue weighted by Gasteiger charge is 2.43. The molecular formula is C18H19F2N3O4. The van der Waals surface area contributed by atoms with Gasteiger partial charge in [0.25, 0.3) is 0 Å². The van der Waals surface area contributed by atoms with Gasteiger partial charge in [-0.1, -0.05) is 0 Å². The molecule has 2 bridgehead atoms. The maximum atomic E-state index is 15.4. The maximum Gasteiger partial charge on any atom is 0.511 e. The number of halogens is 2. The summed E-state index contributed by atoms with van der Waals surface area (Å²) in [6.07, 6.45) is 0.330. The number of likely N-dealkylation sites (N-methyl/N-ethyl adjacent to an activating group) is 1. The molecule has 7 nitrogen and oxygen atoms in total. The molecule has 2 saturated heterocycles. The minimum atomic E-state index is -1.66. The van der Waals surface area contributed by atoms with E-state index in [0.717, 1.165) is 25.2 Å². The van der Waals surface area contributed by atoms with Gasteiger partial charge in [0.05, 0.1) is 17.1 Å². The number of rotatable bonds is 3. The van der Waals surface area contributed by atoms with Crippen molar-refractivity contribution in [1.82, 2.24) is 9.47 Å². The first-order chi connectivity index (χ1) is 12.8. The smallest absolute Gasteiger partial charge is 0.449 e. The van der Waals surface area contributed by atoms with Gasteiger partial charge < -0.3 is 19.3 Å². The summed E-state index contributed by atoms with van der Waals surface area (Å²) in [6.45, 7) is 3.22. The Morgan fingerprint density at radius 1 is 1.33 bits per heavy atom. The van der Waals surface area contributed by atoms with Gasteiger partial charge >= 0.3 is 6.16 Å². The number of fused-ring (bicyclic) bond motifs is 3. The molecular weight excluding hydrogens is 360 g/mol. The number of anilines is 1. The molecule has 2 fully saturated rings. The van der Waals surface area contributed by atoms with Crippen LogP contribution in [0.15, 0.2) is 17.1 Å². The van der Waals surface area contributed by atoms with E-state index in [9.17, 15) is 14.0 Å². The van der Waals surface area contributed by atoms with E-state index in [1.165, 1.54) is 4.57 Å². The molecule has 4 rings (SSSR count). The Kier molecular flexibility index (Phi) is 4.06. The second-order valence-corrected chi connectivity index (χ2v) is 7.03. The quantitative estimate of drug-likeness (QED) is 0.825. The maximum absolute atomic E-state index is 15.4. The number of aryl methyl sites for hydroxylation is 1. The molecule has 0 spiro atoms. The van der Waals surface area contributed by atoms with Crippen molar-refractivity contribution in [3.8, 4) is 5.75 Å². The van der Waals surface area contributed by atoms with E-state index in [2.05, 4.69) is 9.64 Å². The van der Waals surface area contributed by atoms with Crippen LogP contribution < -0.4 is 15.1 Å². The van der Waals surface area contributed by atoms with E-state index in [-0.39, 0.29) is 35.2 Å². The van der Waals surface area contributed by atoms with Crippen molar-refractivity contribution in [1.29, 1.82) is 0 Å². The fourth-order valence-electron chi connectivity index (χ4n) is 4.27. The lowest BCUT2D eigenvalue weighted by atomic mass is 10.1. The van der Waals surface area contributed by atoms with Gasteiger partial charge in [0, 0.05) is 31.7 Å². The Morgan fingerprint density at radius 3 is 2.63 bits per heavy atom. The van der Waals surface area contributed by atoms with E-state index in [1.807, 2.05) is 7.05 Å². The number of nitrogens with zero attached hydrogens (tertiary/aromatic N) is 3. The van der Waals surface area contributed by atoms with Crippen LogP contribution in [0.5, 0.6) is 5.75 Å². The first-order valence-electron chi connectivity index (χ1n) is 8.74. The van der Waals surface area contributed by atoms with Crippen molar-refractivity contribution in [2.75, 3.05) is 25.0 Å². The van der Waals surface area contributed by atoms with Gasteiger partial charge in [-0.25, -0.2) is 13.6 Å². The van der Waals surface area contributed by atoms with Crippen molar-refractivity contribution < 1.29 is 23.4 Å². The highest BCUT2D eigenvalue weighted by Crippen LogP contribution is 2.38. The van der Waals surface area contributed by atoms with Gasteiger partial charge in [0.2, 0.25) is 5.43 Å². The summed E-state index contributed by atoms with van der Waals surface area (Å²) in [7, 11) is 1.99. The number of likely N-dealkylation sites (tertiary alicyclic amines) is 1. The van der Waals surface area contributed by atoms with Gasteiger partial charge in [-0.3, -0.25) is 9.69 Å². The monoisotopic (exact) mass is 379 g/mol. The van der Waals surface area contributed by atoms with Crippen LogP contribution in [0.3, 0.4) is 0 Å². The summed E-state index contributed by atoms with van der Waals surface area (Å²) in [4.78, 5) is 27.2. The predicted molar refractivity (Wildman–Crippen MR) is 94.6 cm³/mol. The third-order valence-corrected chi connectivity index (χ3v) is 5.54. The largest absolute Gasteiger partial charge is 0.511 e. The molecule has 2 aliphatic heterocycles. The molecule has 144 valence electrons. The van der Waals surface area contributed by atoms with Gasteiger partial charge in [0.1, 0.15) is 11.5 Å². The molecule has 0 amide bonds. The highest BCUT2D eigenvalue weighted by molar-refractivity contribution is 5.86. The minimum Gasteiger partial charge on any atom is -0.449 e. The second-order valence-electron chi connectivity index (χ2n) is 7.03. The van der Waals surface area contributed by atoms with Crippen molar-refractivity contribution >= 4 is 22.7 Å². The Labute approximate surface area is 153 Å². The number of carbonyl (C=O) groups is 1. The molecule has 2 aliphatic rings. The molecule has 1 aromatic carbocycles. The zero-order chi connectivity index (χ0) is 19.5. The lowest BCUT2D eigenvalue weighted by Crippen LogP contribution is -2.45. The molecule has 1 aromatic heterocycles.